The van der Waals surface area contributed by atoms with E-state index in [0.29, 0.717) is 0 Å². The van der Waals surface area contributed by atoms with Crippen molar-refractivity contribution in [3.63, 3.8) is 0 Å². The summed E-state index contributed by atoms with van der Waals surface area (Å²) in [5, 5.41) is 3.18. The summed E-state index contributed by atoms with van der Waals surface area (Å²) in [7, 11) is 7.17. The molecular formula is C19H24N4O2S2. The van der Waals surface area contributed by atoms with Gasteiger partial charge in [0.25, 0.3) is 0 Å². The Balaban J connectivity index is 1.71. The van der Waals surface area contributed by atoms with Gasteiger partial charge in [-0.2, -0.15) is 0 Å². The van der Waals surface area contributed by atoms with Crippen LogP contribution in [0.5, 0.6) is 5.75 Å². The molecule has 1 aromatic carbocycles. The van der Waals surface area contributed by atoms with Gasteiger partial charge in [-0.1, -0.05) is 33.7 Å². The molecule has 27 heavy (non-hydrogen) atoms. The number of carbonyl (C=O) groups excluding carboxylic acids is 1. The molecule has 1 fully saturated rings. The molecule has 2 atom stereocenters. The highest BCUT2D eigenvalue weighted by atomic mass is 33.1. The summed E-state index contributed by atoms with van der Waals surface area (Å²) in [5.74, 6) is 3.79. The Labute approximate surface area is 167 Å². The molecule has 1 aromatic heterocycles. The molecule has 0 saturated carbocycles. The van der Waals surface area contributed by atoms with Gasteiger partial charge in [-0.05, 0) is 25.6 Å². The number of rotatable bonds is 3. The second kappa shape index (κ2) is 8.16. The van der Waals surface area contributed by atoms with E-state index < -0.39 is 0 Å². The number of nitrogens with one attached hydrogen (secondary N) is 1. The standard InChI is InChI=1S/C19H24N4O2S2/c1-20-15-12-27-26-10-7-16-18-21-14(13-5-3-4-6-17(13)25-2)11-22(18)8-9-23(16)19(15)24/h3-6,11,15-16,20H,7-10,12H2,1-2H3. The summed E-state index contributed by atoms with van der Waals surface area (Å²) >= 11 is 0. The van der Waals surface area contributed by atoms with Crippen LogP contribution in [0.2, 0.25) is 0 Å². The maximum Gasteiger partial charge on any atom is 0.241 e. The number of hydrogen-bond donors (Lipinski definition) is 1. The average Bonchev–Trinajstić information content (AvgIpc) is 3.16. The normalized spacial score (nSPS) is 23.0. The number of benzene rings is 1. The molecule has 0 radical (unpaired) electrons. The van der Waals surface area contributed by atoms with Crippen LogP contribution in [0.25, 0.3) is 11.3 Å². The van der Waals surface area contributed by atoms with Crippen molar-refractivity contribution in [2.45, 2.75) is 25.0 Å². The summed E-state index contributed by atoms with van der Waals surface area (Å²) in [4.78, 5) is 20.1. The highest BCUT2D eigenvalue weighted by molar-refractivity contribution is 8.76. The van der Waals surface area contributed by atoms with Crippen LogP contribution >= 0.6 is 21.6 Å². The minimum atomic E-state index is -0.140. The van der Waals surface area contributed by atoms with Gasteiger partial charge in [-0.3, -0.25) is 4.79 Å². The summed E-state index contributed by atoms with van der Waals surface area (Å²) in [6.45, 7) is 1.50. The zero-order chi connectivity index (χ0) is 18.8. The molecule has 3 heterocycles. The summed E-state index contributed by atoms with van der Waals surface area (Å²) in [5.41, 5.74) is 1.89. The van der Waals surface area contributed by atoms with Crippen LogP contribution in [0.15, 0.2) is 30.5 Å². The minimum absolute atomic E-state index is 0.0248. The lowest BCUT2D eigenvalue weighted by atomic mass is 10.1. The van der Waals surface area contributed by atoms with E-state index in [-0.39, 0.29) is 18.0 Å². The predicted octanol–water partition coefficient (Wildman–Crippen LogP) is 2.82. The number of likely N-dealkylation sites (N-methyl/N-ethyl adjacent to an activating group) is 1. The third kappa shape index (κ3) is 3.58. The quantitative estimate of drug-likeness (QED) is 0.794. The van der Waals surface area contributed by atoms with Crippen LogP contribution in [0.1, 0.15) is 18.3 Å². The third-order valence-corrected chi connectivity index (χ3v) is 7.62. The van der Waals surface area contributed by atoms with Crippen molar-refractivity contribution < 1.29 is 9.53 Å². The van der Waals surface area contributed by atoms with E-state index in [2.05, 4.69) is 16.1 Å². The van der Waals surface area contributed by atoms with Crippen LogP contribution in [0, 0.1) is 0 Å². The Morgan fingerprint density at radius 2 is 2.11 bits per heavy atom. The van der Waals surface area contributed by atoms with Crippen LogP contribution in [0.4, 0.5) is 0 Å². The van der Waals surface area contributed by atoms with Gasteiger partial charge in [0, 0.05) is 36.4 Å². The first-order chi connectivity index (χ1) is 13.2. The van der Waals surface area contributed by atoms with E-state index in [1.807, 2.05) is 47.0 Å². The van der Waals surface area contributed by atoms with Crippen molar-refractivity contribution >= 4 is 27.5 Å². The molecule has 1 N–H and O–H groups in total. The number of fused-ring (bicyclic) bond motifs is 3. The second-order valence-electron chi connectivity index (χ2n) is 6.66. The van der Waals surface area contributed by atoms with Gasteiger partial charge in [0.1, 0.15) is 11.6 Å². The number of para-hydroxylation sites is 1. The molecular weight excluding hydrogens is 380 g/mol. The Morgan fingerprint density at radius 3 is 2.93 bits per heavy atom. The molecule has 1 saturated heterocycles. The van der Waals surface area contributed by atoms with Gasteiger partial charge in [-0.15, -0.1) is 0 Å². The summed E-state index contributed by atoms with van der Waals surface area (Å²) < 4.78 is 7.72. The number of aromatic nitrogens is 2. The van der Waals surface area contributed by atoms with E-state index in [1.165, 1.54) is 0 Å². The van der Waals surface area contributed by atoms with Crippen LogP contribution in [0.3, 0.4) is 0 Å². The molecule has 2 unspecified atom stereocenters. The molecule has 4 rings (SSSR count). The van der Waals surface area contributed by atoms with Gasteiger partial charge in [-0.25, -0.2) is 4.98 Å². The number of nitrogens with zero attached hydrogens (tertiary/aromatic N) is 3. The van der Waals surface area contributed by atoms with Gasteiger partial charge < -0.3 is 19.5 Å². The molecule has 0 spiro atoms. The molecule has 144 valence electrons. The first-order valence-corrected chi connectivity index (χ1v) is 11.6. The Hall–Kier alpha value is -1.64. The smallest absolute Gasteiger partial charge is 0.241 e. The first-order valence-electron chi connectivity index (χ1n) is 9.15. The summed E-state index contributed by atoms with van der Waals surface area (Å²) in [6.07, 6.45) is 3.02. The topological polar surface area (TPSA) is 59.4 Å². The highest BCUT2D eigenvalue weighted by Crippen LogP contribution is 2.37. The molecule has 0 aliphatic carbocycles. The predicted molar refractivity (Wildman–Crippen MR) is 111 cm³/mol. The Bertz CT molecular complexity index is 826. The molecule has 6 nitrogen and oxygen atoms in total. The molecule has 2 aliphatic rings. The summed E-state index contributed by atoms with van der Waals surface area (Å²) in [6, 6.07) is 7.83. The van der Waals surface area contributed by atoms with Gasteiger partial charge in [0.05, 0.1) is 24.9 Å². The van der Waals surface area contributed by atoms with E-state index in [0.717, 1.165) is 53.8 Å². The average molecular weight is 405 g/mol. The number of ether oxygens (including phenoxy) is 1. The Kier molecular flexibility index (Phi) is 5.66. The monoisotopic (exact) mass is 404 g/mol. The van der Waals surface area contributed by atoms with E-state index in [1.54, 1.807) is 17.9 Å². The SMILES string of the molecule is CNC1CSSCCC2c3nc(-c4ccccc4OC)cn3CCN2C1=O. The maximum absolute atomic E-state index is 13.1. The van der Waals surface area contributed by atoms with E-state index in [9.17, 15) is 4.79 Å². The second-order valence-corrected chi connectivity index (χ2v) is 9.29. The van der Waals surface area contributed by atoms with Crippen molar-refractivity contribution in [2.24, 2.45) is 0 Å². The maximum atomic E-state index is 13.1. The van der Waals surface area contributed by atoms with E-state index >= 15 is 0 Å². The largest absolute Gasteiger partial charge is 0.496 e. The van der Waals surface area contributed by atoms with Crippen molar-refractivity contribution in [2.75, 3.05) is 32.2 Å². The fourth-order valence-electron chi connectivity index (χ4n) is 3.73. The lowest BCUT2D eigenvalue weighted by molar-refractivity contribution is -0.136. The van der Waals surface area contributed by atoms with Crippen molar-refractivity contribution in [3.05, 3.63) is 36.3 Å². The highest BCUT2D eigenvalue weighted by Gasteiger charge is 2.36. The molecule has 2 aromatic rings. The number of amides is 1. The fraction of sp³-hybridized carbons (Fsp3) is 0.474. The number of hydrogen-bond acceptors (Lipinski definition) is 6. The van der Waals surface area contributed by atoms with Crippen LogP contribution in [-0.2, 0) is 11.3 Å². The molecule has 1 amide bonds. The first kappa shape index (κ1) is 18.7. The van der Waals surface area contributed by atoms with Gasteiger partial charge >= 0.3 is 0 Å². The van der Waals surface area contributed by atoms with Crippen molar-refractivity contribution in [1.82, 2.24) is 19.8 Å². The van der Waals surface area contributed by atoms with Crippen molar-refractivity contribution in [3.8, 4) is 17.0 Å². The third-order valence-electron chi connectivity index (χ3n) is 5.17. The van der Waals surface area contributed by atoms with Gasteiger partial charge in [0.2, 0.25) is 5.91 Å². The lowest BCUT2D eigenvalue weighted by Gasteiger charge is -2.37. The number of methoxy groups -OCH3 is 1. The zero-order valence-electron chi connectivity index (χ0n) is 15.6. The van der Waals surface area contributed by atoms with Crippen LogP contribution < -0.4 is 10.1 Å². The molecule has 8 heteroatoms. The molecule has 2 aliphatic heterocycles. The van der Waals surface area contributed by atoms with Gasteiger partial charge in [0.15, 0.2) is 0 Å². The molecule has 0 bridgehead atoms. The minimum Gasteiger partial charge on any atom is -0.496 e. The number of imidazole rings is 1. The van der Waals surface area contributed by atoms with E-state index in [4.69, 9.17) is 9.72 Å². The zero-order valence-corrected chi connectivity index (χ0v) is 17.2. The van der Waals surface area contributed by atoms with Crippen LogP contribution in [-0.4, -0.2) is 58.6 Å². The Morgan fingerprint density at radius 1 is 1.26 bits per heavy atom. The fourth-order valence-corrected chi connectivity index (χ4v) is 6.05. The lowest BCUT2D eigenvalue weighted by Crippen LogP contribution is -2.51. The van der Waals surface area contributed by atoms with Crippen molar-refractivity contribution in [1.29, 1.82) is 0 Å². The number of carbonyl (C=O) groups is 1.